The van der Waals surface area contributed by atoms with Gasteiger partial charge >= 0.3 is 0 Å². The summed E-state index contributed by atoms with van der Waals surface area (Å²) in [5, 5.41) is 3.84. The lowest BCUT2D eigenvalue weighted by molar-refractivity contribution is -0.141. The van der Waals surface area contributed by atoms with Gasteiger partial charge in [0, 0.05) is 42.5 Å². The third-order valence-electron chi connectivity index (χ3n) is 7.04. The number of benzene rings is 3. The highest BCUT2D eigenvalue weighted by Crippen LogP contribution is 2.30. The molecule has 11 heteroatoms. The van der Waals surface area contributed by atoms with E-state index in [1.165, 1.54) is 4.31 Å². The van der Waals surface area contributed by atoms with Gasteiger partial charge in [0.05, 0.1) is 18.6 Å². The molecule has 0 heterocycles. The van der Waals surface area contributed by atoms with Gasteiger partial charge in [0.2, 0.25) is 21.8 Å². The molecule has 0 aliphatic heterocycles. The molecule has 0 aromatic heterocycles. The van der Waals surface area contributed by atoms with Crippen LogP contribution in [0.15, 0.2) is 72.8 Å². The molecule has 238 valence electrons. The summed E-state index contributed by atoms with van der Waals surface area (Å²) in [6.07, 6.45) is 3.37. The molecule has 44 heavy (non-hydrogen) atoms. The molecule has 8 nitrogen and oxygen atoms in total. The van der Waals surface area contributed by atoms with Crippen LogP contribution in [-0.2, 0) is 32.6 Å². The van der Waals surface area contributed by atoms with Crippen LogP contribution in [-0.4, -0.2) is 57.1 Å². The van der Waals surface area contributed by atoms with Crippen molar-refractivity contribution in [2.24, 2.45) is 0 Å². The molecule has 0 radical (unpaired) electrons. The maximum atomic E-state index is 14.0. The maximum Gasteiger partial charge on any atom is 0.243 e. The van der Waals surface area contributed by atoms with Crippen LogP contribution in [0.2, 0.25) is 10.0 Å². The number of carbonyl (C=O) groups is 2. The molecule has 0 saturated carbocycles. The van der Waals surface area contributed by atoms with Gasteiger partial charge in [0.15, 0.2) is 0 Å². The summed E-state index contributed by atoms with van der Waals surface area (Å²) in [5.41, 5.74) is 1.96. The Kier molecular flexibility index (Phi) is 13.8. The molecule has 0 fully saturated rings. The Hall–Kier alpha value is -3.27. The van der Waals surface area contributed by atoms with Crippen LogP contribution in [0.5, 0.6) is 5.75 Å². The van der Waals surface area contributed by atoms with Gasteiger partial charge in [-0.05, 0) is 55.2 Å². The molecule has 1 atom stereocenters. The van der Waals surface area contributed by atoms with Crippen molar-refractivity contribution in [1.82, 2.24) is 10.2 Å². The van der Waals surface area contributed by atoms with Crippen LogP contribution >= 0.6 is 23.2 Å². The van der Waals surface area contributed by atoms with E-state index in [4.69, 9.17) is 27.9 Å². The highest BCUT2D eigenvalue weighted by Gasteiger charge is 2.31. The van der Waals surface area contributed by atoms with E-state index in [2.05, 4.69) is 5.32 Å². The Balaban J connectivity index is 1.91. The van der Waals surface area contributed by atoms with Crippen molar-refractivity contribution in [3.8, 4) is 5.75 Å². The molecule has 3 aromatic carbocycles. The Morgan fingerprint density at radius 3 is 2.32 bits per heavy atom. The largest absolute Gasteiger partial charge is 0.492 e. The number of nitrogens with one attached hydrogen (secondary N) is 1. The van der Waals surface area contributed by atoms with Crippen LogP contribution in [0.4, 0.5) is 5.69 Å². The summed E-state index contributed by atoms with van der Waals surface area (Å²) in [4.78, 5) is 29.2. The number of rotatable bonds is 17. The molecule has 1 N–H and O–H groups in total. The van der Waals surface area contributed by atoms with Crippen LogP contribution in [0.3, 0.4) is 0 Å². The average molecular weight is 663 g/mol. The third kappa shape index (κ3) is 10.4. The van der Waals surface area contributed by atoms with Crippen molar-refractivity contribution in [2.75, 3.05) is 30.3 Å². The van der Waals surface area contributed by atoms with E-state index in [1.807, 2.05) is 44.2 Å². The van der Waals surface area contributed by atoms with Gasteiger partial charge in [-0.2, -0.15) is 0 Å². The number of ether oxygens (including phenoxy) is 1. The number of nitrogens with zero attached hydrogens (tertiary/aromatic N) is 2. The first-order chi connectivity index (χ1) is 21.0. The molecule has 1 unspecified atom stereocenters. The smallest absolute Gasteiger partial charge is 0.243 e. The van der Waals surface area contributed by atoms with Gasteiger partial charge < -0.3 is 15.0 Å². The normalized spacial score (nSPS) is 11.9. The number of amides is 2. The van der Waals surface area contributed by atoms with E-state index in [1.54, 1.807) is 47.4 Å². The van der Waals surface area contributed by atoms with Crippen molar-refractivity contribution < 1.29 is 22.7 Å². The highest BCUT2D eigenvalue weighted by molar-refractivity contribution is 7.92. The number of sulfonamides is 1. The predicted octanol–water partition coefficient (Wildman–Crippen LogP) is 6.49. The van der Waals surface area contributed by atoms with Crippen LogP contribution in [0.25, 0.3) is 0 Å². The van der Waals surface area contributed by atoms with E-state index < -0.39 is 16.1 Å². The lowest BCUT2D eigenvalue weighted by Crippen LogP contribution is -2.50. The summed E-state index contributed by atoms with van der Waals surface area (Å²) >= 11 is 12.7. The summed E-state index contributed by atoms with van der Waals surface area (Å²) < 4.78 is 32.6. The monoisotopic (exact) mass is 661 g/mol. The maximum absolute atomic E-state index is 14.0. The molecular weight excluding hydrogens is 621 g/mol. The van der Waals surface area contributed by atoms with Gasteiger partial charge in [-0.3, -0.25) is 13.9 Å². The second-order valence-electron chi connectivity index (χ2n) is 10.4. The minimum absolute atomic E-state index is 0.00155. The molecule has 0 saturated heterocycles. The number of unbranched alkanes of at least 4 members (excludes halogenated alkanes) is 1. The third-order valence-corrected chi connectivity index (χ3v) is 8.81. The molecule has 0 aliphatic rings. The van der Waals surface area contributed by atoms with Crippen LogP contribution < -0.4 is 14.4 Å². The zero-order valence-electron chi connectivity index (χ0n) is 25.5. The zero-order chi connectivity index (χ0) is 32.1. The van der Waals surface area contributed by atoms with E-state index in [9.17, 15) is 18.0 Å². The summed E-state index contributed by atoms with van der Waals surface area (Å²) in [6, 6.07) is 20.7. The summed E-state index contributed by atoms with van der Waals surface area (Å²) in [6.45, 7) is 4.86. The molecule has 3 aromatic rings. The van der Waals surface area contributed by atoms with Gasteiger partial charge in [-0.1, -0.05) is 85.1 Å². The SMILES string of the molecule is CCCCNC(=O)C(Cc1ccccc1)N(Cc1ccc(Cl)cc1Cl)C(=O)CCCN(c1ccccc1OCC)S(C)(=O)=O. The van der Waals surface area contributed by atoms with E-state index in [0.29, 0.717) is 46.6 Å². The van der Waals surface area contributed by atoms with Crippen LogP contribution in [0.1, 0.15) is 50.7 Å². The van der Waals surface area contributed by atoms with E-state index in [-0.39, 0.29) is 37.7 Å². The fraction of sp³-hybridized carbons (Fsp3) is 0.394. The average Bonchev–Trinajstić information content (AvgIpc) is 2.98. The van der Waals surface area contributed by atoms with Crippen molar-refractivity contribution in [2.45, 2.75) is 58.5 Å². The highest BCUT2D eigenvalue weighted by atomic mass is 35.5. The first kappa shape index (κ1) is 35.2. The topological polar surface area (TPSA) is 96.0 Å². The van der Waals surface area contributed by atoms with Gasteiger partial charge in [-0.15, -0.1) is 0 Å². The number of para-hydroxylation sites is 2. The summed E-state index contributed by atoms with van der Waals surface area (Å²) in [7, 11) is -3.68. The Morgan fingerprint density at radius 2 is 1.66 bits per heavy atom. The number of anilines is 1. The molecule has 0 bridgehead atoms. The quantitative estimate of drug-likeness (QED) is 0.167. The second kappa shape index (κ2) is 17.3. The summed E-state index contributed by atoms with van der Waals surface area (Å²) in [5.74, 6) is -0.115. The minimum Gasteiger partial charge on any atom is -0.492 e. The molecular formula is C33H41Cl2N3O5S. The number of hydrogen-bond acceptors (Lipinski definition) is 5. The van der Waals surface area contributed by atoms with Crippen molar-refractivity contribution >= 4 is 50.7 Å². The van der Waals surface area contributed by atoms with E-state index in [0.717, 1.165) is 24.7 Å². The zero-order valence-corrected chi connectivity index (χ0v) is 27.8. The van der Waals surface area contributed by atoms with Gasteiger partial charge in [0.1, 0.15) is 11.8 Å². The number of halogens is 2. The minimum atomic E-state index is -3.68. The van der Waals surface area contributed by atoms with Crippen molar-refractivity contribution in [3.63, 3.8) is 0 Å². The lowest BCUT2D eigenvalue weighted by Gasteiger charge is -2.32. The fourth-order valence-electron chi connectivity index (χ4n) is 4.82. The number of carbonyl (C=O) groups excluding carboxylic acids is 2. The molecule has 3 rings (SSSR count). The van der Waals surface area contributed by atoms with Crippen molar-refractivity contribution in [3.05, 3.63) is 94.0 Å². The Morgan fingerprint density at radius 1 is 0.955 bits per heavy atom. The Bertz CT molecular complexity index is 1490. The fourth-order valence-corrected chi connectivity index (χ4v) is 6.25. The lowest BCUT2D eigenvalue weighted by atomic mass is 10.0. The molecule has 2 amide bonds. The standard InChI is InChI=1S/C33H41Cl2N3O5S/c1-4-6-20-36-33(40)30(22-25-13-8-7-9-14-25)37(24-26-18-19-27(34)23-28(26)35)32(39)17-12-21-38(44(3,41)42)29-15-10-11-16-31(29)43-5-2/h7-11,13-16,18-19,23,30H,4-6,12,17,20-22,24H2,1-3H3,(H,36,40). The van der Waals surface area contributed by atoms with Gasteiger partial charge in [0.25, 0.3) is 0 Å². The van der Waals surface area contributed by atoms with Crippen molar-refractivity contribution in [1.29, 1.82) is 0 Å². The Labute approximate surface area is 271 Å². The molecule has 0 spiro atoms. The van der Waals surface area contributed by atoms with Crippen LogP contribution in [0, 0.1) is 0 Å². The molecule has 0 aliphatic carbocycles. The number of hydrogen-bond donors (Lipinski definition) is 1. The van der Waals surface area contributed by atoms with E-state index >= 15 is 0 Å². The first-order valence-corrected chi connectivity index (χ1v) is 17.4. The second-order valence-corrected chi connectivity index (χ2v) is 13.2. The first-order valence-electron chi connectivity index (χ1n) is 14.8. The predicted molar refractivity (Wildman–Crippen MR) is 178 cm³/mol. The van der Waals surface area contributed by atoms with Gasteiger partial charge in [-0.25, -0.2) is 8.42 Å².